The number of aromatic nitrogens is 1. The Morgan fingerprint density at radius 1 is 1.42 bits per heavy atom. The van der Waals surface area contributed by atoms with Crippen LogP contribution >= 0.6 is 11.3 Å². The lowest BCUT2D eigenvalue weighted by Crippen LogP contribution is -2.41. The molecule has 1 aromatic carbocycles. The van der Waals surface area contributed by atoms with Crippen LogP contribution in [0, 0.1) is 17.6 Å². The van der Waals surface area contributed by atoms with Crippen molar-refractivity contribution in [3.05, 3.63) is 23.8 Å². The van der Waals surface area contributed by atoms with E-state index in [2.05, 4.69) is 20.2 Å². The molecule has 1 aliphatic heterocycles. The minimum Gasteiger partial charge on any atom is -0.370 e. The number of carbonyl (C=O) groups excluding carboxylic acids is 1. The van der Waals surface area contributed by atoms with Gasteiger partial charge in [-0.05, 0) is 25.5 Å². The molecule has 0 aliphatic carbocycles. The molecule has 26 heavy (non-hydrogen) atoms. The number of piperidine rings is 1. The number of benzene rings is 1. The van der Waals surface area contributed by atoms with Crippen LogP contribution in [0.3, 0.4) is 0 Å². The average Bonchev–Trinajstić information content (AvgIpc) is 2.97. The predicted molar refractivity (Wildman–Crippen MR) is 98.0 cm³/mol. The minimum atomic E-state index is -0.736. The van der Waals surface area contributed by atoms with Gasteiger partial charge in [-0.3, -0.25) is 9.79 Å². The van der Waals surface area contributed by atoms with Gasteiger partial charge in [-0.1, -0.05) is 11.3 Å². The third-order valence-electron chi connectivity index (χ3n) is 4.23. The number of rotatable bonds is 5. The number of thiazole rings is 1. The molecule has 3 rings (SSSR count). The van der Waals surface area contributed by atoms with Crippen molar-refractivity contribution in [2.24, 2.45) is 22.4 Å². The highest BCUT2D eigenvalue weighted by atomic mass is 32.1. The van der Waals surface area contributed by atoms with Gasteiger partial charge < -0.3 is 21.7 Å². The smallest absolute Gasteiger partial charge is 0.230 e. The van der Waals surface area contributed by atoms with Crippen LogP contribution < -0.4 is 16.8 Å². The van der Waals surface area contributed by atoms with Crippen molar-refractivity contribution < 1.29 is 13.6 Å². The summed E-state index contributed by atoms with van der Waals surface area (Å²) in [5, 5.41) is 3.00. The average molecular weight is 382 g/mol. The van der Waals surface area contributed by atoms with E-state index in [9.17, 15) is 13.6 Å². The van der Waals surface area contributed by atoms with Crippen LogP contribution in [0.5, 0.6) is 0 Å². The van der Waals surface area contributed by atoms with Crippen LogP contribution in [-0.2, 0) is 4.79 Å². The van der Waals surface area contributed by atoms with Crippen LogP contribution in [0.2, 0.25) is 0 Å². The maximum Gasteiger partial charge on any atom is 0.230 e. The molecule has 7 nitrogen and oxygen atoms in total. The molecule has 2 heterocycles. The summed E-state index contributed by atoms with van der Waals surface area (Å²) in [7, 11) is 0. The molecule has 2 aromatic rings. The number of fused-ring (bicyclic) bond motifs is 1. The number of guanidine groups is 1. The lowest BCUT2D eigenvalue weighted by atomic mass is 9.97. The Morgan fingerprint density at radius 3 is 3.00 bits per heavy atom. The molecular weight excluding hydrogens is 362 g/mol. The van der Waals surface area contributed by atoms with Crippen LogP contribution in [0.4, 0.5) is 13.9 Å². The molecule has 0 radical (unpaired) electrons. The van der Waals surface area contributed by atoms with Gasteiger partial charge in [0.2, 0.25) is 5.91 Å². The highest BCUT2D eigenvalue weighted by Gasteiger charge is 2.26. The van der Waals surface area contributed by atoms with Crippen LogP contribution in [0.1, 0.15) is 12.8 Å². The van der Waals surface area contributed by atoms with Gasteiger partial charge in [0.15, 0.2) is 16.9 Å². The molecule has 1 atom stereocenters. The fourth-order valence-electron chi connectivity index (χ4n) is 3.01. The first-order valence-electron chi connectivity index (χ1n) is 8.26. The molecule has 1 aromatic heterocycles. The molecule has 1 fully saturated rings. The fourth-order valence-corrected chi connectivity index (χ4v) is 3.92. The van der Waals surface area contributed by atoms with Crippen molar-refractivity contribution in [3.63, 3.8) is 0 Å². The zero-order valence-corrected chi connectivity index (χ0v) is 14.9. The Kier molecular flexibility index (Phi) is 5.62. The summed E-state index contributed by atoms with van der Waals surface area (Å²) in [5.41, 5.74) is 10.7. The molecule has 1 saturated heterocycles. The van der Waals surface area contributed by atoms with Gasteiger partial charge >= 0.3 is 0 Å². The third-order valence-corrected chi connectivity index (χ3v) is 5.15. The first-order valence-corrected chi connectivity index (χ1v) is 9.08. The quantitative estimate of drug-likeness (QED) is 0.536. The van der Waals surface area contributed by atoms with Gasteiger partial charge in [-0.15, -0.1) is 0 Å². The standard InChI is InChI=1S/C16H20F2N6OS/c17-10-6-11(18)13-12(7-10)26-16(22-13)23-14(25)9-2-1-4-24(8-9)5-3-21-15(19)20/h6-7,9H,1-5,8H2,(H4,19,20,21)(H,22,23,25). The van der Waals surface area contributed by atoms with Crippen LogP contribution in [0.15, 0.2) is 17.1 Å². The summed E-state index contributed by atoms with van der Waals surface area (Å²) >= 11 is 1.05. The second-order valence-corrected chi connectivity index (χ2v) is 7.22. The Balaban J connectivity index is 1.62. The molecule has 1 amide bonds. The molecule has 1 aliphatic rings. The summed E-state index contributed by atoms with van der Waals surface area (Å²) in [4.78, 5) is 22.7. The number of halogens is 2. The topological polar surface area (TPSA) is 110 Å². The summed E-state index contributed by atoms with van der Waals surface area (Å²) in [5.74, 6) is -1.72. The van der Waals surface area contributed by atoms with Crippen molar-refractivity contribution >= 4 is 38.6 Å². The van der Waals surface area contributed by atoms with E-state index in [1.165, 1.54) is 6.07 Å². The van der Waals surface area contributed by atoms with Crippen molar-refractivity contribution in [3.8, 4) is 0 Å². The van der Waals surface area contributed by atoms with Gasteiger partial charge in [-0.25, -0.2) is 13.8 Å². The largest absolute Gasteiger partial charge is 0.370 e. The molecule has 5 N–H and O–H groups in total. The highest BCUT2D eigenvalue weighted by molar-refractivity contribution is 7.22. The summed E-state index contributed by atoms with van der Waals surface area (Å²) in [6, 6.07) is 1.99. The monoisotopic (exact) mass is 382 g/mol. The maximum atomic E-state index is 13.7. The number of nitrogens with one attached hydrogen (secondary N) is 1. The zero-order chi connectivity index (χ0) is 18.7. The van der Waals surface area contributed by atoms with Crippen LogP contribution in [-0.4, -0.2) is 47.9 Å². The molecular formula is C16H20F2N6OS. The third kappa shape index (κ3) is 4.44. The highest BCUT2D eigenvalue weighted by Crippen LogP contribution is 2.29. The second-order valence-electron chi connectivity index (χ2n) is 6.19. The van der Waals surface area contributed by atoms with Crippen molar-refractivity contribution in [2.45, 2.75) is 12.8 Å². The predicted octanol–water partition coefficient (Wildman–Crippen LogP) is 1.50. The SMILES string of the molecule is NC(N)=NCCN1CCCC(C(=O)Nc2nc3c(F)cc(F)cc3s2)C1. The minimum absolute atomic E-state index is 0.0517. The van der Waals surface area contributed by atoms with Crippen molar-refractivity contribution in [1.82, 2.24) is 9.88 Å². The lowest BCUT2D eigenvalue weighted by molar-refractivity contribution is -0.121. The normalized spacial score (nSPS) is 18.0. The molecule has 0 saturated carbocycles. The molecule has 1 unspecified atom stereocenters. The van der Waals surface area contributed by atoms with E-state index in [4.69, 9.17) is 11.5 Å². The first kappa shape index (κ1) is 18.5. The van der Waals surface area contributed by atoms with E-state index in [-0.39, 0.29) is 28.4 Å². The van der Waals surface area contributed by atoms with Gasteiger partial charge in [0.05, 0.1) is 17.2 Å². The zero-order valence-electron chi connectivity index (χ0n) is 14.0. The van der Waals surface area contributed by atoms with E-state index in [0.717, 1.165) is 36.8 Å². The van der Waals surface area contributed by atoms with E-state index in [1.807, 2.05) is 0 Å². The molecule has 0 spiro atoms. The maximum absolute atomic E-state index is 13.7. The van der Waals surface area contributed by atoms with Crippen molar-refractivity contribution in [2.75, 3.05) is 31.5 Å². The number of hydrogen-bond acceptors (Lipinski definition) is 5. The number of hydrogen-bond donors (Lipinski definition) is 3. The Hall–Kier alpha value is -2.33. The number of aliphatic imine (C=N–C) groups is 1. The van der Waals surface area contributed by atoms with Crippen molar-refractivity contribution in [1.29, 1.82) is 0 Å². The van der Waals surface area contributed by atoms with E-state index < -0.39 is 11.6 Å². The fraction of sp³-hybridized carbons (Fsp3) is 0.438. The molecule has 10 heteroatoms. The number of likely N-dealkylation sites (tertiary alicyclic amines) is 1. The number of amides is 1. The summed E-state index contributed by atoms with van der Waals surface area (Å²) < 4.78 is 27.4. The van der Waals surface area contributed by atoms with Gasteiger partial charge in [0, 0.05) is 19.2 Å². The number of nitrogens with zero attached hydrogens (tertiary/aromatic N) is 3. The Bertz CT molecular complexity index is 835. The van der Waals surface area contributed by atoms with E-state index in [1.54, 1.807) is 0 Å². The molecule has 0 bridgehead atoms. The van der Waals surface area contributed by atoms with Gasteiger partial charge in [0.25, 0.3) is 0 Å². The summed E-state index contributed by atoms with van der Waals surface area (Å²) in [6.07, 6.45) is 1.65. The Labute approximate surface area is 153 Å². The van der Waals surface area contributed by atoms with Gasteiger partial charge in [0.1, 0.15) is 11.3 Å². The number of carbonyl (C=O) groups is 1. The molecule has 140 valence electrons. The number of nitrogens with two attached hydrogens (primary N) is 2. The number of anilines is 1. The first-order chi connectivity index (χ1) is 12.4. The summed E-state index contributed by atoms with van der Waals surface area (Å²) in [6.45, 7) is 2.64. The lowest BCUT2D eigenvalue weighted by Gasteiger charge is -2.31. The Morgan fingerprint density at radius 2 is 2.23 bits per heavy atom. The van der Waals surface area contributed by atoms with Crippen LogP contribution in [0.25, 0.3) is 10.2 Å². The van der Waals surface area contributed by atoms with E-state index in [0.29, 0.717) is 24.3 Å². The van der Waals surface area contributed by atoms with E-state index >= 15 is 0 Å². The van der Waals surface area contributed by atoms with Gasteiger partial charge in [-0.2, -0.15) is 0 Å². The second kappa shape index (κ2) is 7.92.